The van der Waals surface area contributed by atoms with Crippen molar-refractivity contribution in [3.05, 3.63) is 35.8 Å². The summed E-state index contributed by atoms with van der Waals surface area (Å²) in [6.07, 6.45) is 0. The van der Waals surface area contributed by atoms with Crippen LogP contribution in [-0.4, -0.2) is 4.57 Å². The van der Waals surface area contributed by atoms with E-state index in [0.717, 1.165) is 23.1 Å². The van der Waals surface area contributed by atoms with Gasteiger partial charge in [-0.3, -0.25) is 0 Å². The zero-order chi connectivity index (χ0) is 11.9. The fourth-order valence-corrected chi connectivity index (χ4v) is 2.10. The SMILES string of the molecule is CCn1c(C(C)(C)N)cc2ccc(F)cc21. The largest absolute Gasteiger partial charge is 0.343 e. The second-order valence-corrected chi connectivity index (χ2v) is 4.70. The molecular formula is C13H17FN2. The molecule has 2 aromatic rings. The van der Waals surface area contributed by atoms with Crippen LogP contribution in [0, 0.1) is 5.82 Å². The maximum absolute atomic E-state index is 13.2. The Balaban J connectivity index is 2.77. The number of aryl methyl sites for hydroxylation is 1. The number of fused-ring (bicyclic) bond motifs is 1. The van der Waals surface area contributed by atoms with Crippen LogP contribution in [0.25, 0.3) is 10.9 Å². The maximum atomic E-state index is 13.2. The molecule has 0 aliphatic carbocycles. The minimum absolute atomic E-state index is 0.207. The Labute approximate surface area is 94.9 Å². The van der Waals surface area contributed by atoms with E-state index in [-0.39, 0.29) is 5.82 Å². The molecule has 0 amide bonds. The summed E-state index contributed by atoms with van der Waals surface area (Å²) in [6, 6.07) is 6.88. The minimum atomic E-state index is -0.411. The highest BCUT2D eigenvalue weighted by molar-refractivity contribution is 5.81. The molecule has 0 unspecified atom stereocenters. The minimum Gasteiger partial charge on any atom is -0.343 e. The Hall–Kier alpha value is -1.35. The molecule has 3 heteroatoms. The lowest BCUT2D eigenvalue weighted by Crippen LogP contribution is -2.31. The molecule has 0 saturated heterocycles. The van der Waals surface area contributed by atoms with E-state index in [4.69, 9.17) is 5.73 Å². The summed E-state index contributed by atoms with van der Waals surface area (Å²) in [6.45, 7) is 6.76. The summed E-state index contributed by atoms with van der Waals surface area (Å²) < 4.78 is 15.3. The number of halogens is 1. The first-order chi connectivity index (χ1) is 7.43. The molecule has 1 heterocycles. The van der Waals surface area contributed by atoms with Crippen molar-refractivity contribution in [3.8, 4) is 0 Å². The van der Waals surface area contributed by atoms with Crippen molar-refractivity contribution in [2.24, 2.45) is 5.73 Å². The molecule has 2 rings (SSSR count). The van der Waals surface area contributed by atoms with Crippen LogP contribution in [-0.2, 0) is 12.1 Å². The van der Waals surface area contributed by atoms with Gasteiger partial charge in [0.15, 0.2) is 0 Å². The second-order valence-electron chi connectivity index (χ2n) is 4.70. The molecule has 0 aliphatic heterocycles. The van der Waals surface area contributed by atoms with Crippen molar-refractivity contribution in [1.29, 1.82) is 0 Å². The van der Waals surface area contributed by atoms with Gasteiger partial charge in [-0.2, -0.15) is 0 Å². The molecule has 0 bridgehead atoms. The van der Waals surface area contributed by atoms with E-state index in [1.54, 1.807) is 12.1 Å². The third kappa shape index (κ3) is 1.71. The normalized spacial score (nSPS) is 12.3. The predicted octanol–water partition coefficient (Wildman–Crippen LogP) is 2.99. The van der Waals surface area contributed by atoms with E-state index in [1.165, 1.54) is 6.07 Å². The van der Waals surface area contributed by atoms with E-state index in [0.29, 0.717) is 0 Å². The Morgan fingerprint density at radius 3 is 2.56 bits per heavy atom. The van der Waals surface area contributed by atoms with E-state index < -0.39 is 5.54 Å². The zero-order valence-corrected chi connectivity index (χ0v) is 9.92. The van der Waals surface area contributed by atoms with Gasteiger partial charge in [-0.15, -0.1) is 0 Å². The van der Waals surface area contributed by atoms with Crippen molar-refractivity contribution in [1.82, 2.24) is 4.57 Å². The smallest absolute Gasteiger partial charge is 0.125 e. The Bertz CT molecular complexity index is 520. The predicted molar refractivity (Wildman–Crippen MR) is 64.8 cm³/mol. The molecule has 1 aromatic heterocycles. The van der Waals surface area contributed by atoms with Crippen LogP contribution in [0.5, 0.6) is 0 Å². The van der Waals surface area contributed by atoms with Crippen LogP contribution >= 0.6 is 0 Å². The quantitative estimate of drug-likeness (QED) is 0.828. The van der Waals surface area contributed by atoms with Crippen molar-refractivity contribution in [3.63, 3.8) is 0 Å². The summed E-state index contributed by atoms with van der Waals surface area (Å²) in [5.41, 5.74) is 7.66. The first-order valence-corrected chi connectivity index (χ1v) is 5.51. The van der Waals surface area contributed by atoms with Crippen LogP contribution in [0.4, 0.5) is 4.39 Å². The second kappa shape index (κ2) is 3.59. The van der Waals surface area contributed by atoms with Gasteiger partial charge >= 0.3 is 0 Å². The summed E-state index contributed by atoms with van der Waals surface area (Å²) >= 11 is 0. The number of hydrogen-bond donors (Lipinski definition) is 1. The van der Waals surface area contributed by atoms with Gasteiger partial charge in [0.2, 0.25) is 0 Å². The Morgan fingerprint density at radius 1 is 1.31 bits per heavy atom. The molecule has 2 nitrogen and oxygen atoms in total. The van der Waals surface area contributed by atoms with E-state index in [9.17, 15) is 4.39 Å². The highest BCUT2D eigenvalue weighted by Gasteiger charge is 2.20. The topological polar surface area (TPSA) is 30.9 Å². The molecular weight excluding hydrogens is 203 g/mol. The van der Waals surface area contributed by atoms with E-state index in [1.807, 2.05) is 26.8 Å². The average Bonchev–Trinajstić information content (AvgIpc) is 2.54. The van der Waals surface area contributed by atoms with Gasteiger partial charge in [-0.05, 0) is 45.0 Å². The van der Waals surface area contributed by atoms with Crippen LogP contribution in [0.3, 0.4) is 0 Å². The fourth-order valence-electron chi connectivity index (χ4n) is 2.10. The highest BCUT2D eigenvalue weighted by atomic mass is 19.1. The maximum Gasteiger partial charge on any atom is 0.125 e. The summed E-state index contributed by atoms with van der Waals surface area (Å²) in [5, 5.41) is 1.04. The third-order valence-corrected chi connectivity index (χ3v) is 2.84. The molecule has 16 heavy (non-hydrogen) atoms. The molecule has 0 aliphatic rings. The lowest BCUT2D eigenvalue weighted by Gasteiger charge is -2.21. The van der Waals surface area contributed by atoms with Crippen molar-refractivity contribution >= 4 is 10.9 Å². The summed E-state index contributed by atoms with van der Waals surface area (Å²) in [7, 11) is 0. The van der Waals surface area contributed by atoms with Crippen LogP contribution in [0.15, 0.2) is 24.3 Å². The molecule has 0 spiro atoms. The number of aromatic nitrogens is 1. The highest BCUT2D eigenvalue weighted by Crippen LogP contribution is 2.27. The van der Waals surface area contributed by atoms with Crippen molar-refractivity contribution < 1.29 is 4.39 Å². The molecule has 86 valence electrons. The van der Waals surface area contributed by atoms with Crippen molar-refractivity contribution in [2.45, 2.75) is 32.9 Å². The summed E-state index contributed by atoms with van der Waals surface area (Å²) in [4.78, 5) is 0. The van der Waals surface area contributed by atoms with Gasteiger partial charge in [0.25, 0.3) is 0 Å². The molecule has 0 saturated carbocycles. The zero-order valence-electron chi connectivity index (χ0n) is 9.92. The fraction of sp³-hybridized carbons (Fsp3) is 0.385. The monoisotopic (exact) mass is 220 g/mol. The number of rotatable bonds is 2. The number of nitrogens with two attached hydrogens (primary N) is 1. The number of benzene rings is 1. The number of hydrogen-bond acceptors (Lipinski definition) is 1. The Morgan fingerprint density at radius 2 is 2.00 bits per heavy atom. The molecule has 0 atom stereocenters. The Kier molecular flexibility index (Phi) is 2.50. The van der Waals surface area contributed by atoms with Crippen LogP contribution in [0.2, 0.25) is 0 Å². The summed E-state index contributed by atoms with van der Waals surface area (Å²) in [5.74, 6) is -0.207. The van der Waals surface area contributed by atoms with Gasteiger partial charge in [0.1, 0.15) is 5.82 Å². The first-order valence-electron chi connectivity index (χ1n) is 5.51. The van der Waals surface area contributed by atoms with Crippen molar-refractivity contribution in [2.75, 3.05) is 0 Å². The lowest BCUT2D eigenvalue weighted by molar-refractivity contribution is 0.503. The third-order valence-electron chi connectivity index (χ3n) is 2.84. The standard InChI is InChI=1S/C13H17FN2/c1-4-16-11-8-10(14)6-5-9(11)7-12(16)13(2,3)15/h5-8H,4,15H2,1-3H3. The van der Waals surface area contributed by atoms with Crippen LogP contribution < -0.4 is 5.73 Å². The molecule has 2 N–H and O–H groups in total. The van der Waals surface area contributed by atoms with Gasteiger partial charge in [-0.1, -0.05) is 0 Å². The first kappa shape index (κ1) is 11.1. The van der Waals surface area contributed by atoms with Gasteiger partial charge in [-0.25, -0.2) is 4.39 Å². The number of nitrogens with zero attached hydrogens (tertiary/aromatic N) is 1. The molecule has 0 fully saturated rings. The molecule has 1 aromatic carbocycles. The van der Waals surface area contributed by atoms with Gasteiger partial charge in [0, 0.05) is 17.6 Å². The van der Waals surface area contributed by atoms with E-state index in [2.05, 4.69) is 4.57 Å². The average molecular weight is 220 g/mol. The lowest BCUT2D eigenvalue weighted by atomic mass is 10.0. The molecule has 0 radical (unpaired) electrons. The van der Waals surface area contributed by atoms with Gasteiger partial charge in [0.05, 0.1) is 11.1 Å². The van der Waals surface area contributed by atoms with Crippen LogP contribution in [0.1, 0.15) is 26.5 Å². The van der Waals surface area contributed by atoms with E-state index >= 15 is 0 Å². The van der Waals surface area contributed by atoms with Gasteiger partial charge < -0.3 is 10.3 Å².